The molecule has 0 bridgehead atoms. The highest BCUT2D eigenvalue weighted by Crippen LogP contribution is 2.32. The molecule has 0 saturated heterocycles. The molecule has 0 aliphatic carbocycles. The third kappa shape index (κ3) is 2.60. The van der Waals surface area contributed by atoms with Gasteiger partial charge in [0.1, 0.15) is 11.0 Å². The predicted octanol–water partition coefficient (Wildman–Crippen LogP) is 4.55. The van der Waals surface area contributed by atoms with Crippen molar-refractivity contribution in [3.8, 4) is 5.69 Å². The SMILES string of the molecule is Cc1c(N)cc2c(nc3c(C)cc(N(C)C)c(C)c3[n+]2-c2ccccc2)c1C. The number of nitrogens with zero attached hydrogens (tertiary/aromatic N) is 3. The minimum atomic E-state index is 0.800. The van der Waals surface area contributed by atoms with E-state index in [1.54, 1.807) is 0 Å². The van der Waals surface area contributed by atoms with Crippen LogP contribution in [0.15, 0.2) is 42.5 Å². The number of nitrogens with two attached hydrogens (primary N) is 1. The molecule has 2 N–H and O–H groups in total. The molecule has 142 valence electrons. The summed E-state index contributed by atoms with van der Waals surface area (Å²) in [5, 5.41) is 0. The zero-order valence-electron chi connectivity index (χ0n) is 17.5. The van der Waals surface area contributed by atoms with Gasteiger partial charge in [0.15, 0.2) is 0 Å². The van der Waals surface area contributed by atoms with E-state index in [0.717, 1.165) is 44.6 Å². The van der Waals surface area contributed by atoms with Gasteiger partial charge in [0.05, 0.1) is 0 Å². The summed E-state index contributed by atoms with van der Waals surface area (Å²) in [4.78, 5) is 7.29. The maximum atomic E-state index is 6.37. The molecule has 1 aromatic heterocycles. The van der Waals surface area contributed by atoms with Gasteiger partial charge in [0, 0.05) is 49.2 Å². The van der Waals surface area contributed by atoms with Crippen molar-refractivity contribution in [3.63, 3.8) is 0 Å². The summed E-state index contributed by atoms with van der Waals surface area (Å²) in [5.74, 6) is 0. The van der Waals surface area contributed by atoms with Crippen LogP contribution in [0.25, 0.3) is 27.8 Å². The standard InChI is InChI=1S/C24H26N4/c1-14-12-20(27(5)6)17(4)24-22(14)26-23-16(3)15(2)19(25)13-21(23)28(24)18-10-8-7-9-11-18/h7-13,25H,1-6H3/p+1. The van der Waals surface area contributed by atoms with Gasteiger partial charge >= 0.3 is 0 Å². The van der Waals surface area contributed by atoms with Crippen LogP contribution in [0.2, 0.25) is 0 Å². The van der Waals surface area contributed by atoms with Crippen molar-refractivity contribution in [2.24, 2.45) is 0 Å². The molecule has 3 aromatic carbocycles. The summed E-state index contributed by atoms with van der Waals surface area (Å²) in [7, 11) is 4.17. The van der Waals surface area contributed by atoms with Crippen LogP contribution in [-0.4, -0.2) is 19.1 Å². The molecule has 0 aliphatic rings. The van der Waals surface area contributed by atoms with E-state index in [1.807, 2.05) is 6.07 Å². The zero-order chi connectivity index (χ0) is 20.2. The molecule has 0 radical (unpaired) electrons. The number of rotatable bonds is 2. The number of aromatic nitrogens is 2. The van der Waals surface area contributed by atoms with E-state index in [0.29, 0.717) is 0 Å². The monoisotopic (exact) mass is 371 g/mol. The molecule has 4 heteroatoms. The van der Waals surface area contributed by atoms with Crippen molar-refractivity contribution >= 4 is 33.4 Å². The Morgan fingerprint density at radius 3 is 2.18 bits per heavy atom. The molecule has 1 heterocycles. The largest absolute Gasteiger partial charge is 0.398 e. The molecule has 0 spiro atoms. The number of aryl methyl sites for hydroxylation is 3. The van der Waals surface area contributed by atoms with Crippen LogP contribution < -0.4 is 15.2 Å². The fourth-order valence-electron chi connectivity index (χ4n) is 4.05. The first-order valence-electron chi connectivity index (χ1n) is 9.59. The normalized spacial score (nSPS) is 11.4. The molecule has 0 saturated carbocycles. The Morgan fingerprint density at radius 1 is 0.857 bits per heavy atom. The first kappa shape index (κ1) is 18.2. The molecule has 0 amide bonds. The van der Waals surface area contributed by atoms with Crippen molar-refractivity contribution in [2.75, 3.05) is 24.7 Å². The van der Waals surface area contributed by atoms with Gasteiger partial charge < -0.3 is 10.6 Å². The van der Waals surface area contributed by atoms with E-state index in [1.165, 1.54) is 16.8 Å². The van der Waals surface area contributed by atoms with Crippen LogP contribution in [0.5, 0.6) is 0 Å². The van der Waals surface area contributed by atoms with Gasteiger partial charge in [-0.2, -0.15) is 0 Å². The molecule has 4 nitrogen and oxygen atoms in total. The first-order chi connectivity index (χ1) is 13.3. The molecule has 0 atom stereocenters. The van der Waals surface area contributed by atoms with Crippen molar-refractivity contribution < 1.29 is 4.57 Å². The van der Waals surface area contributed by atoms with E-state index < -0.39 is 0 Å². The van der Waals surface area contributed by atoms with Crippen molar-refractivity contribution in [1.29, 1.82) is 0 Å². The third-order valence-corrected chi connectivity index (χ3v) is 5.76. The Hall–Kier alpha value is -3.14. The van der Waals surface area contributed by atoms with Gasteiger partial charge in [0.25, 0.3) is 0 Å². The van der Waals surface area contributed by atoms with Crippen molar-refractivity contribution in [1.82, 2.24) is 4.98 Å². The fourth-order valence-corrected chi connectivity index (χ4v) is 4.05. The van der Waals surface area contributed by atoms with Gasteiger partial charge in [-0.05, 0) is 50.5 Å². The Kier molecular flexibility index (Phi) is 4.22. The van der Waals surface area contributed by atoms with E-state index in [9.17, 15) is 0 Å². The van der Waals surface area contributed by atoms with Crippen LogP contribution in [0.4, 0.5) is 11.4 Å². The second-order valence-corrected chi connectivity index (χ2v) is 7.80. The summed E-state index contributed by atoms with van der Waals surface area (Å²) < 4.78 is 2.32. The number of nitrogen functional groups attached to an aromatic ring is 1. The van der Waals surface area contributed by atoms with Gasteiger partial charge in [0.2, 0.25) is 16.7 Å². The Bertz CT molecular complexity index is 1220. The van der Waals surface area contributed by atoms with E-state index in [-0.39, 0.29) is 0 Å². The van der Waals surface area contributed by atoms with Crippen LogP contribution in [0, 0.1) is 27.7 Å². The topological polar surface area (TPSA) is 46.0 Å². The van der Waals surface area contributed by atoms with Crippen LogP contribution >= 0.6 is 0 Å². The molecular formula is C24H27N4+. The molecular weight excluding hydrogens is 344 g/mol. The Labute approximate surface area is 166 Å². The minimum absolute atomic E-state index is 0.800. The average molecular weight is 372 g/mol. The molecule has 4 rings (SSSR count). The lowest BCUT2D eigenvalue weighted by molar-refractivity contribution is -0.538. The second kappa shape index (κ2) is 6.48. The lowest BCUT2D eigenvalue weighted by Crippen LogP contribution is -2.35. The Balaban J connectivity index is 2.34. The number of hydrogen-bond donors (Lipinski definition) is 1. The lowest BCUT2D eigenvalue weighted by Gasteiger charge is -2.18. The van der Waals surface area contributed by atoms with Crippen molar-refractivity contribution in [3.05, 3.63) is 64.7 Å². The summed E-state index contributed by atoms with van der Waals surface area (Å²) in [6.45, 7) is 8.49. The zero-order valence-corrected chi connectivity index (χ0v) is 17.5. The maximum Gasteiger partial charge on any atom is 0.242 e. The fraction of sp³-hybridized carbons (Fsp3) is 0.250. The number of hydrogen-bond acceptors (Lipinski definition) is 3. The quantitative estimate of drug-likeness (QED) is 0.319. The van der Waals surface area contributed by atoms with Gasteiger partial charge in [-0.15, -0.1) is 4.57 Å². The van der Waals surface area contributed by atoms with E-state index >= 15 is 0 Å². The smallest absolute Gasteiger partial charge is 0.242 e. The lowest BCUT2D eigenvalue weighted by atomic mass is 10.0. The predicted molar refractivity (Wildman–Crippen MR) is 118 cm³/mol. The van der Waals surface area contributed by atoms with Crippen molar-refractivity contribution in [2.45, 2.75) is 27.7 Å². The molecule has 28 heavy (non-hydrogen) atoms. The summed E-state index contributed by atoms with van der Waals surface area (Å²) in [5.41, 5.74) is 18.3. The highest BCUT2D eigenvalue weighted by atomic mass is 15.1. The summed E-state index contributed by atoms with van der Waals surface area (Å²) >= 11 is 0. The number of para-hydroxylation sites is 1. The van der Waals surface area contributed by atoms with E-state index in [2.05, 4.69) is 87.7 Å². The van der Waals surface area contributed by atoms with E-state index in [4.69, 9.17) is 10.7 Å². The van der Waals surface area contributed by atoms with Crippen LogP contribution in [0.1, 0.15) is 22.3 Å². The molecule has 4 aromatic rings. The summed E-state index contributed by atoms with van der Waals surface area (Å²) in [6.07, 6.45) is 0. The first-order valence-corrected chi connectivity index (χ1v) is 9.59. The van der Waals surface area contributed by atoms with Gasteiger partial charge in [-0.3, -0.25) is 0 Å². The third-order valence-electron chi connectivity index (χ3n) is 5.76. The van der Waals surface area contributed by atoms with Gasteiger partial charge in [-0.25, -0.2) is 4.98 Å². The summed E-state index contributed by atoms with van der Waals surface area (Å²) in [6, 6.07) is 14.8. The minimum Gasteiger partial charge on any atom is -0.398 e. The van der Waals surface area contributed by atoms with Crippen LogP contribution in [0.3, 0.4) is 0 Å². The highest BCUT2D eigenvalue weighted by molar-refractivity contribution is 5.92. The average Bonchev–Trinajstić information content (AvgIpc) is 2.68. The maximum absolute atomic E-state index is 6.37. The van der Waals surface area contributed by atoms with Crippen LogP contribution in [-0.2, 0) is 0 Å². The Morgan fingerprint density at radius 2 is 1.54 bits per heavy atom. The number of benzene rings is 3. The molecule has 0 fully saturated rings. The second-order valence-electron chi connectivity index (χ2n) is 7.80. The van der Waals surface area contributed by atoms with Gasteiger partial charge in [-0.1, -0.05) is 18.2 Å². The molecule has 0 unspecified atom stereocenters. The number of fused-ring (bicyclic) bond motifs is 2. The highest BCUT2D eigenvalue weighted by Gasteiger charge is 2.26. The number of anilines is 2. The molecule has 0 aliphatic heterocycles.